The molecule has 0 amide bonds. The fourth-order valence-electron chi connectivity index (χ4n) is 2.43. The normalized spacial score (nSPS) is 28.9. The first kappa shape index (κ1) is 14.9. The lowest BCUT2D eigenvalue weighted by molar-refractivity contribution is 0.305. The van der Waals surface area contributed by atoms with Crippen LogP contribution in [0.1, 0.15) is 58.8 Å². The summed E-state index contributed by atoms with van der Waals surface area (Å²) in [6, 6.07) is 2.55. The zero-order chi connectivity index (χ0) is 12.6. The van der Waals surface area contributed by atoms with Gasteiger partial charge in [0.05, 0.1) is 6.07 Å². The van der Waals surface area contributed by atoms with Crippen molar-refractivity contribution in [3.63, 3.8) is 0 Å². The molecule has 1 aliphatic rings. The van der Waals surface area contributed by atoms with E-state index in [9.17, 15) is 5.26 Å². The molecule has 98 valence electrons. The molecule has 0 aromatic carbocycles. The molecule has 3 heteroatoms. The Hall–Kier alpha value is -0.200. The van der Waals surface area contributed by atoms with E-state index in [-0.39, 0.29) is 5.54 Å². The highest BCUT2D eigenvalue weighted by molar-refractivity contribution is 7.99. The minimum atomic E-state index is -0.224. The summed E-state index contributed by atoms with van der Waals surface area (Å²) in [5.74, 6) is 1.26. The zero-order valence-electron chi connectivity index (χ0n) is 11.3. The molecule has 1 fully saturated rings. The molecule has 17 heavy (non-hydrogen) atoms. The third-order valence-electron chi connectivity index (χ3n) is 3.48. The van der Waals surface area contributed by atoms with Crippen molar-refractivity contribution in [2.75, 3.05) is 12.3 Å². The Morgan fingerprint density at radius 1 is 1.41 bits per heavy atom. The number of unbranched alkanes of at least 4 members (excludes halogenated alkanes) is 1. The van der Waals surface area contributed by atoms with Gasteiger partial charge in [0.1, 0.15) is 5.54 Å². The monoisotopic (exact) mass is 254 g/mol. The second kappa shape index (κ2) is 8.00. The first-order chi connectivity index (χ1) is 8.26. The van der Waals surface area contributed by atoms with Crippen LogP contribution < -0.4 is 5.32 Å². The number of nitrogens with one attached hydrogen (secondary N) is 1. The Labute approximate surface area is 111 Å². The van der Waals surface area contributed by atoms with Crippen LogP contribution >= 0.6 is 11.8 Å². The van der Waals surface area contributed by atoms with E-state index in [1.165, 1.54) is 31.4 Å². The van der Waals surface area contributed by atoms with E-state index >= 15 is 0 Å². The Morgan fingerprint density at radius 3 is 2.88 bits per heavy atom. The average molecular weight is 254 g/mol. The molecule has 0 heterocycles. The second-order valence-electron chi connectivity index (χ2n) is 5.06. The van der Waals surface area contributed by atoms with Gasteiger partial charge in [-0.1, -0.05) is 20.3 Å². The van der Waals surface area contributed by atoms with E-state index in [0.717, 1.165) is 25.8 Å². The second-order valence-corrected chi connectivity index (χ2v) is 6.47. The highest BCUT2D eigenvalue weighted by Gasteiger charge is 2.35. The molecule has 0 aliphatic heterocycles. The zero-order valence-corrected chi connectivity index (χ0v) is 12.1. The van der Waals surface area contributed by atoms with Gasteiger partial charge in [0.25, 0.3) is 0 Å². The van der Waals surface area contributed by atoms with Crippen molar-refractivity contribution >= 4 is 11.8 Å². The highest BCUT2D eigenvalue weighted by Crippen LogP contribution is 2.35. The third kappa shape index (κ3) is 4.89. The SMILES string of the molecule is CCCCSC1CCCC(C#N)(NCCC)C1. The fourth-order valence-corrected chi connectivity index (χ4v) is 3.95. The molecule has 1 N–H and O–H groups in total. The molecular formula is C14H26N2S. The van der Waals surface area contributed by atoms with Gasteiger partial charge in [0, 0.05) is 5.25 Å². The molecule has 0 aromatic heterocycles. The summed E-state index contributed by atoms with van der Waals surface area (Å²) in [6.07, 6.45) is 8.27. The highest BCUT2D eigenvalue weighted by atomic mass is 32.2. The third-order valence-corrected chi connectivity index (χ3v) is 4.88. The number of hydrogen-bond acceptors (Lipinski definition) is 3. The van der Waals surface area contributed by atoms with Crippen LogP contribution in [0, 0.1) is 11.3 Å². The van der Waals surface area contributed by atoms with Gasteiger partial charge in [-0.15, -0.1) is 0 Å². The standard InChI is InChI=1S/C14H26N2S/c1-3-5-10-17-13-7-6-8-14(11-13,12-15)16-9-4-2/h13,16H,3-11H2,1-2H3. The van der Waals surface area contributed by atoms with E-state index < -0.39 is 0 Å². The van der Waals surface area contributed by atoms with Gasteiger partial charge in [-0.25, -0.2) is 0 Å². The van der Waals surface area contributed by atoms with Gasteiger partial charge >= 0.3 is 0 Å². The van der Waals surface area contributed by atoms with E-state index in [1.807, 2.05) is 0 Å². The van der Waals surface area contributed by atoms with E-state index in [0.29, 0.717) is 5.25 Å². The van der Waals surface area contributed by atoms with Crippen molar-refractivity contribution in [3.05, 3.63) is 0 Å². The summed E-state index contributed by atoms with van der Waals surface area (Å²) in [5, 5.41) is 13.6. The summed E-state index contributed by atoms with van der Waals surface area (Å²) >= 11 is 2.08. The van der Waals surface area contributed by atoms with E-state index in [1.54, 1.807) is 0 Å². The topological polar surface area (TPSA) is 35.8 Å². The van der Waals surface area contributed by atoms with Crippen molar-refractivity contribution in [3.8, 4) is 6.07 Å². The molecule has 2 nitrogen and oxygen atoms in total. The summed E-state index contributed by atoms with van der Waals surface area (Å²) in [5.41, 5.74) is -0.224. The van der Waals surface area contributed by atoms with Gasteiger partial charge in [-0.05, 0) is 50.8 Å². The lowest BCUT2D eigenvalue weighted by Gasteiger charge is -2.36. The fraction of sp³-hybridized carbons (Fsp3) is 0.929. The molecule has 0 bridgehead atoms. The minimum Gasteiger partial charge on any atom is -0.299 e. The number of hydrogen-bond donors (Lipinski definition) is 1. The Morgan fingerprint density at radius 2 is 2.24 bits per heavy atom. The van der Waals surface area contributed by atoms with Crippen molar-refractivity contribution in [2.45, 2.75) is 69.6 Å². The largest absolute Gasteiger partial charge is 0.299 e. The van der Waals surface area contributed by atoms with Gasteiger partial charge in [0.15, 0.2) is 0 Å². The van der Waals surface area contributed by atoms with Gasteiger partial charge in [-0.3, -0.25) is 5.32 Å². The minimum absolute atomic E-state index is 0.224. The van der Waals surface area contributed by atoms with Crippen molar-refractivity contribution < 1.29 is 0 Å². The molecule has 0 aromatic rings. The molecule has 1 rings (SSSR count). The molecular weight excluding hydrogens is 228 g/mol. The quantitative estimate of drug-likeness (QED) is 0.703. The number of nitriles is 1. The smallest absolute Gasteiger partial charge is 0.107 e. The van der Waals surface area contributed by atoms with E-state index in [4.69, 9.17) is 0 Å². The van der Waals surface area contributed by atoms with Crippen molar-refractivity contribution in [1.29, 1.82) is 5.26 Å². The average Bonchev–Trinajstić information content (AvgIpc) is 2.37. The molecule has 0 saturated heterocycles. The van der Waals surface area contributed by atoms with Crippen LogP contribution in [0.15, 0.2) is 0 Å². The molecule has 0 spiro atoms. The Bertz CT molecular complexity index is 249. The van der Waals surface area contributed by atoms with Gasteiger partial charge in [-0.2, -0.15) is 17.0 Å². The maximum atomic E-state index is 9.44. The summed E-state index contributed by atoms with van der Waals surface area (Å²) in [7, 11) is 0. The van der Waals surface area contributed by atoms with Crippen LogP contribution in [0.5, 0.6) is 0 Å². The number of rotatable bonds is 7. The lowest BCUT2D eigenvalue weighted by Crippen LogP contribution is -2.48. The van der Waals surface area contributed by atoms with Gasteiger partial charge in [0.2, 0.25) is 0 Å². The number of thioether (sulfide) groups is 1. The summed E-state index contributed by atoms with van der Waals surface area (Å²) in [6.45, 7) is 5.37. The van der Waals surface area contributed by atoms with E-state index in [2.05, 4.69) is 37.0 Å². The van der Waals surface area contributed by atoms with Crippen LogP contribution in [0.2, 0.25) is 0 Å². The Balaban J connectivity index is 2.42. The molecule has 1 saturated carbocycles. The molecule has 2 atom stereocenters. The number of nitrogens with zero attached hydrogens (tertiary/aromatic N) is 1. The van der Waals surface area contributed by atoms with Crippen molar-refractivity contribution in [1.82, 2.24) is 5.32 Å². The van der Waals surface area contributed by atoms with Gasteiger partial charge < -0.3 is 0 Å². The predicted octanol–water partition coefficient (Wildman–Crippen LogP) is 3.72. The summed E-state index contributed by atoms with van der Waals surface area (Å²) in [4.78, 5) is 0. The molecule has 1 aliphatic carbocycles. The van der Waals surface area contributed by atoms with Crippen molar-refractivity contribution in [2.24, 2.45) is 0 Å². The van der Waals surface area contributed by atoms with Crippen LogP contribution in [0.3, 0.4) is 0 Å². The summed E-state index contributed by atoms with van der Waals surface area (Å²) < 4.78 is 0. The molecule has 0 radical (unpaired) electrons. The first-order valence-corrected chi connectivity index (χ1v) is 8.09. The maximum absolute atomic E-state index is 9.44. The molecule has 2 unspecified atom stereocenters. The lowest BCUT2D eigenvalue weighted by atomic mass is 9.82. The predicted molar refractivity (Wildman–Crippen MR) is 76.3 cm³/mol. The van der Waals surface area contributed by atoms with Crippen LogP contribution in [0.25, 0.3) is 0 Å². The van der Waals surface area contributed by atoms with Crippen LogP contribution in [-0.4, -0.2) is 23.1 Å². The first-order valence-electron chi connectivity index (χ1n) is 7.04. The Kier molecular flexibility index (Phi) is 6.99. The maximum Gasteiger partial charge on any atom is 0.107 e. The van der Waals surface area contributed by atoms with Crippen LogP contribution in [0.4, 0.5) is 0 Å². The van der Waals surface area contributed by atoms with Crippen LogP contribution in [-0.2, 0) is 0 Å².